The number of carbonyl (C=O) groups excluding carboxylic acids is 6. The van der Waals surface area contributed by atoms with Crippen LogP contribution in [0.2, 0.25) is 0 Å². The lowest BCUT2D eigenvalue weighted by atomic mass is 9.97. The van der Waals surface area contributed by atoms with E-state index in [1.165, 1.54) is 18.3 Å². The van der Waals surface area contributed by atoms with Gasteiger partial charge in [0.15, 0.2) is 5.78 Å². The number of ether oxygens (including phenoxy) is 1. The van der Waals surface area contributed by atoms with Gasteiger partial charge < -0.3 is 29.6 Å². The molecule has 0 saturated carbocycles. The fraction of sp³-hybridized carbons (Fsp3) is 0.393. The summed E-state index contributed by atoms with van der Waals surface area (Å²) in [4.78, 5) is 109. The number of fused-ring (bicyclic) bond motifs is 1. The number of benzene rings is 1. The first-order valence-electron chi connectivity index (χ1n) is 26.2. The summed E-state index contributed by atoms with van der Waals surface area (Å²) in [5.74, 6) is -0.406. The number of hydrogen-bond acceptors (Lipinski definition) is 18. The molecule has 0 radical (unpaired) electrons. The smallest absolute Gasteiger partial charge is 0.365 e. The number of unbranched alkanes of at least 4 members (excludes halogenated alkanes) is 5. The second-order valence-electron chi connectivity index (χ2n) is 20.0. The van der Waals surface area contributed by atoms with Gasteiger partial charge in [0.25, 0.3) is 11.8 Å². The standard InChI is InChI=1S/C56H60N14O8/c1-37-34-66(55-61-31-41(32-62-55)45-20-19-44-52(75)56(2,3)69(53(44)63-45)35-40-13-11-24-58-46(40)29-57)26-27-68(37)51(74)33-59-47(71)15-8-6-4-5-7-9-25-67-36-42(64-65-67)18-16-38-12-10-14-43(28-38)77-48-21-17-39(30-60-48)54(76)78-70-49(72)22-23-50(70)73/h10-14,17,19-21,24,28,30-32,36-37H,4-9,15-16,18,22-23,25-27,33-35H2,1-3H3,(H,59,71)/t37-/m1/s1. The van der Waals surface area contributed by atoms with Crippen LogP contribution < -0.4 is 19.9 Å². The van der Waals surface area contributed by atoms with E-state index in [-0.39, 0.29) is 61.0 Å². The third-order valence-electron chi connectivity index (χ3n) is 14.1. The Kier molecular flexibility index (Phi) is 16.8. The minimum Gasteiger partial charge on any atom is -0.439 e. The molecule has 22 nitrogen and oxygen atoms in total. The molecule has 0 aliphatic carbocycles. The van der Waals surface area contributed by atoms with E-state index in [2.05, 4.69) is 41.6 Å². The van der Waals surface area contributed by atoms with Crippen LogP contribution in [0.25, 0.3) is 11.3 Å². The number of imide groups is 1. The predicted octanol–water partition coefficient (Wildman–Crippen LogP) is 6.16. The molecular weight excluding hydrogens is 997 g/mol. The average Bonchev–Trinajstić information content (AvgIpc) is 4.13. The molecule has 1 aromatic carbocycles. The van der Waals surface area contributed by atoms with Crippen LogP contribution in [0.4, 0.5) is 11.8 Å². The van der Waals surface area contributed by atoms with Crippen molar-refractivity contribution in [1.82, 2.24) is 55.2 Å². The number of nitrogens with zero attached hydrogens (tertiary/aromatic N) is 13. The van der Waals surface area contributed by atoms with Gasteiger partial charge in [-0.15, -0.1) is 10.2 Å². The van der Waals surface area contributed by atoms with Gasteiger partial charge in [0, 0.05) is 106 Å². The number of hydrogen-bond donors (Lipinski definition) is 1. The van der Waals surface area contributed by atoms with Gasteiger partial charge in [0.2, 0.25) is 23.6 Å². The molecule has 1 atom stereocenters. The number of aromatic nitrogens is 8. The summed E-state index contributed by atoms with van der Waals surface area (Å²) in [5, 5.41) is 21.6. The Hall–Kier alpha value is -9.00. The van der Waals surface area contributed by atoms with Crippen LogP contribution in [0.3, 0.4) is 0 Å². The second kappa shape index (κ2) is 24.3. The minimum atomic E-state index is -0.880. The predicted molar refractivity (Wildman–Crippen MR) is 282 cm³/mol. The summed E-state index contributed by atoms with van der Waals surface area (Å²) in [6, 6.07) is 19.7. The highest BCUT2D eigenvalue weighted by Crippen LogP contribution is 2.40. The zero-order valence-electron chi connectivity index (χ0n) is 43.8. The normalized spacial score (nSPS) is 15.8. The first kappa shape index (κ1) is 53.8. The number of piperazine rings is 1. The third-order valence-corrected chi connectivity index (χ3v) is 14.1. The second-order valence-corrected chi connectivity index (χ2v) is 20.0. The van der Waals surface area contributed by atoms with Crippen molar-refractivity contribution in [2.75, 3.05) is 36.0 Å². The van der Waals surface area contributed by atoms with E-state index < -0.39 is 23.3 Å². The molecule has 402 valence electrons. The van der Waals surface area contributed by atoms with Crippen LogP contribution in [0.1, 0.15) is 122 Å². The van der Waals surface area contributed by atoms with Crippen LogP contribution in [0.5, 0.6) is 11.6 Å². The van der Waals surface area contributed by atoms with Gasteiger partial charge in [-0.2, -0.15) is 5.26 Å². The van der Waals surface area contributed by atoms with Gasteiger partial charge in [-0.3, -0.25) is 28.7 Å². The zero-order valence-corrected chi connectivity index (χ0v) is 43.8. The fourth-order valence-electron chi connectivity index (χ4n) is 9.65. The van der Waals surface area contributed by atoms with Gasteiger partial charge >= 0.3 is 5.97 Å². The Bertz CT molecular complexity index is 3210. The third kappa shape index (κ3) is 12.8. The molecule has 8 heterocycles. The summed E-state index contributed by atoms with van der Waals surface area (Å²) >= 11 is 0. The van der Waals surface area contributed by atoms with Crippen molar-refractivity contribution < 1.29 is 38.3 Å². The van der Waals surface area contributed by atoms with Gasteiger partial charge in [-0.25, -0.2) is 29.7 Å². The Balaban J connectivity index is 0.626. The van der Waals surface area contributed by atoms with Crippen molar-refractivity contribution in [3.05, 3.63) is 125 Å². The van der Waals surface area contributed by atoms with Crippen LogP contribution in [-0.2, 0) is 49.9 Å². The van der Waals surface area contributed by atoms with Crippen LogP contribution >= 0.6 is 0 Å². The van der Waals surface area contributed by atoms with Gasteiger partial charge in [0.1, 0.15) is 23.3 Å². The van der Waals surface area contributed by atoms with E-state index in [0.29, 0.717) is 89.6 Å². The number of ketones is 1. The Morgan fingerprint density at radius 1 is 0.859 bits per heavy atom. The molecular formula is C56H60N14O8. The molecule has 5 aromatic heterocycles. The number of aryl methyl sites for hydroxylation is 3. The van der Waals surface area contributed by atoms with E-state index in [9.17, 15) is 34.0 Å². The zero-order chi connectivity index (χ0) is 54.8. The number of pyridine rings is 3. The van der Waals surface area contributed by atoms with E-state index in [0.717, 1.165) is 56.3 Å². The Morgan fingerprint density at radius 2 is 1.64 bits per heavy atom. The molecule has 0 unspecified atom stereocenters. The van der Waals surface area contributed by atoms with E-state index in [1.54, 1.807) is 47.8 Å². The Morgan fingerprint density at radius 3 is 2.40 bits per heavy atom. The Labute approximate surface area is 450 Å². The van der Waals surface area contributed by atoms with Crippen molar-refractivity contribution in [3.63, 3.8) is 0 Å². The molecule has 0 spiro atoms. The number of nitrogens with one attached hydrogen (secondary N) is 1. The fourth-order valence-corrected chi connectivity index (χ4v) is 9.65. The largest absolute Gasteiger partial charge is 0.439 e. The maximum absolute atomic E-state index is 13.5. The van der Waals surface area contributed by atoms with Crippen molar-refractivity contribution in [2.24, 2.45) is 0 Å². The van der Waals surface area contributed by atoms with Gasteiger partial charge in [0.05, 0.1) is 34.6 Å². The number of hydroxylamine groups is 2. The summed E-state index contributed by atoms with van der Waals surface area (Å²) < 4.78 is 7.77. The minimum absolute atomic E-state index is 0.00953. The molecule has 78 heavy (non-hydrogen) atoms. The lowest BCUT2D eigenvalue weighted by Crippen LogP contribution is -2.56. The van der Waals surface area contributed by atoms with Crippen molar-refractivity contribution in [2.45, 2.75) is 116 Å². The molecule has 2 fully saturated rings. The topological polar surface area (TPSA) is 265 Å². The SMILES string of the molecule is C[C@@H]1CN(c2ncc(-c3ccc4c(n3)N(Cc3cccnc3C#N)C(C)(C)C4=O)cn2)CCN1C(=O)CNC(=O)CCCCCCCCn1cc(CCc2cccc(Oc3ccc(C(=O)ON4C(=O)CCC4=O)cn3)c2)nn1. The molecule has 22 heteroatoms. The van der Waals surface area contributed by atoms with Gasteiger partial charge in [-0.05, 0) is 88.4 Å². The summed E-state index contributed by atoms with van der Waals surface area (Å²) in [5.41, 5.74) is 3.91. The maximum atomic E-state index is 13.5. The van der Waals surface area contributed by atoms with Crippen molar-refractivity contribution >= 4 is 47.1 Å². The van der Waals surface area contributed by atoms with Crippen LogP contribution in [0.15, 0.2) is 91.6 Å². The van der Waals surface area contributed by atoms with E-state index in [4.69, 9.17) is 14.6 Å². The molecule has 1 N–H and O–H groups in total. The first-order chi connectivity index (χ1) is 37.7. The van der Waals surface area contributed by atoms with Crippen LogP contribution in [0, 0.1) is 11.3 Å². The van der Waals surface area contributed by atoms with E-state index in [1.807, 2.05) is 65.7 Å². The summed E-state index contributed by atoms with van der Waals surface area (Å²) in [6.45, 7) is 8.19. The lowest BCUT2D eigenvalue weighted by Gasteiger charge is -2.39. The highest BCUT2D eigenvalue weighted by molar-refractivity contribution is 6.13. The highest BCUT2D eigenvalue weighted by Gasteiger charge is 2.45. The summed E-state index contributed by atoms with van der Waals surface area (Å²) in [6.07, 6.45) is 15.7. The maximum Gasteiger partial charge on any atom is 0.365 e. The molecule has 9 rings (SSSR count). The average molecular weight is 1060 g/mol. The molecule has 3 aliphatic rings. The molecule has 6 aromatic rings. The molecule has 2 saturated heterocycles. The number of nitriles is 1. The van der Waals surface area contributed by atoms with Gasteiger partial charge in [-0.1, -0.05) is 49.1 Å². The number of carbonyl (C=O) groups is 6. The van der Waals surface area contributed by atoms with Crippen molar-refractivity contribution in [1.29, 1.82) is 5.26 Å². The van der Waals surface area contributed by atoms with Crippen LogP contribution in [-0.4, -0.2) is 123 Å². The monoisotopic (exact) mass is 1060 g/mol. The van der Waals surface area contributed by atoms with Crippen molar-refractivity contribution in [3.8, 4) is 29.0 Å². The number of rotatable bonds is 22. The first-order valence-corrected chi connectivity index (χ1v) is 26.2. The lowest BCUT2D eigenvalue weighted by molar-refractivity contribution is -0.172. The summed E-state index contributed by atoms with van der Waals surface area (Å²) in [7, 11) is 0. The quantitative estimate of drug-likeness (QED) is 0.0589. The molecule has 3 aliphatic heterocycles. The number of Topliss-reactive ketones (excluding diaryl/α,β-unsaturated/α-hetero) is 1. The molecule has 0 bridgehead atoms. The number of anilines is 2. The number of amides is 4. The highest BCUT2D eigenvalue weighted by atomic mass is 16.7. The van der Waals surface area contributed by atoms with E-state index >= 15 is 0 Å². The molecule has 4 amide bonds.